The summed E-state index contributed by atoms with van der Waals surface area (Å²) >= 11 is 0. The van der Waals surface area contributed by atoms with Crippen LogP contribution >= 0.6 is 0 Å². The lowest BCUT2D eigenvalue weighted by molar-refractivity contribution is -0.138. The highest BCUT2D eigenvalue weighted by Gasteiger charge is 2.31. The smallest absolute Gasteiger partial charge is 0.416 e. The van der Waals surface area contributed by atoms with Crippen molar-refractivity contribution >= 4 is 11.9 Å². The molecule has 0 fully saturated rings. The predicted octanol–water partition coefficient (Wildman–Crippen LogP) is 8.06. The molecular formula is C34H37F3N4O3. The van der Waals surface area contributed by atoms with E-state index >= 15 is 0 Å². The highest BCUT2D eigenvalue weighted by molar-refractivity contribution is 5.68. The van der Waals surface area contributed by atoms with Gasteiger partial charge in [-0.3, -0.25) is 9.78 Å². The summed E-state index contributed by atoms with van der Waals surface area (Å²) in [4.78, 5) is 26.6. The maximum Gasteiger partial charge on any atom is 0.416 e. The Balaban J connectivity index is 1.73. The quantitative estimate of drug-likeness (QED) is 0.163. The van der Waals surface area contributed by atoms with E-state index in [1.165, 1.54) is 12.4 Å². The van der Waals surface area contributed by atoms with Crippen molar-refractivity contribution in [1.82, 2.24) is 15.0 Å². The van der Waals surface area contributed by atoms with Crippen LogP contribution in [-0.2, 0) is 24.1 Å². The van der Waals surface area contributed by atoms with E-state index < -0.39 is 17.7 Å². The summed E-state index contributed by atoms with van der Waals surface area (Å²) in [6, 6.07) is 14.2. The second-order valence-corrected chi connectivity index (χ2v) is 11.3. The molecule has 0 saturated heterocycles. The number of ether oxygens (including phenoxy) is 1. The Hall–Kier alpha value is -4.47. The number of aryl methyl sites for hydroxylation is 3. The molecular weight excluding hydrogens is 569 g/mol. The molecule has 2 aromatic carbocycles. The fraction of sp³-hybridized carbons (Fsp3) is 0.353. The van der Waals surface area contributed by atoms with Crippen LogP contribution in [0.4, 0.5) is 19.1 Å². The molecule has 0 spiro atoms. The van der Waals surface area contributed by atoms with Crippen LogP contribution in [0, 0.1) is 20.8 Å². The molecule has 2 aromatic heterocycles. The molecule has 0 unspecified atom stereocenters. The molecule has 0 atom stereocenters. The first-order chi connectivity index (χ1) is 20.8. The number of benzene rings is 2. The van der Waals surface area contributed by atoms with Gasteiger partial charge in [-0.25, -0.2) is 9.97 Å². The van der Waals surface area contributed by atoms with Crippen molar-refractivity contribution in [2.24, 2.45) is 0 Å². The van der Waals surface area contributed by atoms with Crippen LogP contribution in [0.2, 0.25) is 0 Å². The van der Waals surface area contributed by atoms with Crippen molar-refractivity contribution in [2.45, 2.75) is 72.6 Å². The number of pyridine rings is 1. The fourth-order valence-corrected chi connectivity index (χ4v) is 4.89. The Morgan fingerprint density at radius 3 is 2.34 bits per heavy atom. The number of carboxylic acid groups (broad SMARTS) is 1. The van der Waals surface area contributed by atoms with Gasteiger partial charge in [0.25, 0.3) is 0 Å². The number of carbonyl (C=O) groups is 1. The highest BCUT2D eigenvalue weighted by Crippen LogP contribution is 2.33. The van der Waals surface area contributed by atoms with E-state index in [9.17, 15) is 18.0 Å². The van der Waals surface area contributed by atoms with Gasteiger partial charge < -0.3 is 14.7 Å². The van der Waals surface area contributed by atoms with Crippen molar-refractivity contribution < 1.29 is 27.8 Å². The predicted molar refractivity (Wildman–Crippen MR) is 164 cm³/mol. The van der Waals surface area contributed by atoms with Crippen molar-refractivity contribution in [3.8, 4) is 17.0 Å². The zero-order valence-electron chi connectivity index (χ0n) is 25.6. The molecule has 0 radical (unpaired) electrons. The molecule has 0 aliphatic heterocycles. The monoisotopic (exact) mass is 606 g/mol. The Labute approximate surface area is 255 Å². The third kappa shape index (κ3) is 8.55. The van der Waals surface area contributed by atoms with Crippen LogP contribution in [0.3, 0.4) is 0 Å². The van der Waals surface area contributed by atoms with Crippen LogP contribution in [0.25, 0.3) is 11.3 Å². The van der Waals surface area contributed by atoms with E-state index in [1.807, 2.05) is 36.9 Å². The molecule has 1 N–H and O–H groups in total. The standard InChI is InChI=1S/C34H37F3N4O3/c1-21(2)30-11-9-24(5)32(40-30)29-15-22(3)8-10-26(29)20-41(19-25-13-23(4)14-27(16-25)34(35,36)37)33-38-17-28(18-39-33)44-12-6-7-31(42)43/h8-11,13-18,21H,6-7,12,19-20H2,1-5H3,(H,42,43). The topological polar surface area (TPSA) is 88.4 Å². The molecule has 0 aliphatic carbocycles. The molecule has 0 bridgehead atoms. The van der Waals surface area contributed by atoms with Gasteiger partial charge in [-0.2, -0.15) is 13.2 Å². The minimum atomic E-state index is -4.48. The van der Waals surface area contributed by atoms with Gasteiger partial charge >= 0.3 is 12.1 Å². The van der Waals surface area contributed by atoms with Crippen molar-refractivity contribution in [2.75, 3.05) is 11.5 Å². The van der Waals surface area contributed by atoms with Gasteiger partial charge in [-0.05, 0) is 74.1 Å². The van der Waals surface area contributed by atoms with E-state index in [4.69, 9.17) is 14.8 Å². The molecule has 7 nitrogen and oxygen atoms in total. The van der Waals surface area contributed by atoms with Crippen LogP contribution < -0.4 is 9.64 Å². The number of hydrogen-bond donors (Lipinski definition) is 1. The summed E-state index contributed by atoms with van der Waals surface area (Å²) in [5, 5.41) is 8.84. The minimum absolute atomic E-state index is 0.0174. The number of nitrogens with zero attached hydrogens (tertiary/aromatic N) is 4. The lowest BCUT2D eigenvalue weighted by Crippen LogP contribution is -2.25. The molecule has 10 heteroatoms. The number of anilines is 1. The maximum absolute atomic E-state index is 13.7. The fourth-order valence-electron chi connectivity index (χ4n) is 4.89. The van der Waals surface area contributed by atoms with E-state index in [1.54, 1.807) is 13.0 Å². The average molecular weight is 607 g/mol. The molecule has 44 heavy (non-hydrogen) atoms. The summed E-state index contributed by atoms with van der Waals surface area (Å²) in [6.07, 6.45) is -1.19. The van der Waals surface area contributed by atoms with Gasteiger partial charge in [0, 0.05) is 30.8 Å². The summed E-state index contributed by atoms with van der Waals surface area (Å²) in [7, 11) is 0. The van der Waals surface area contributed by atoms with Gasteiger partial charge in [-0.1, -0.05) is 49.2 Å². The number of halogens is 3. The van der Waals surface area contributed by atoms with E-state index in [0.29, 0.717) is 35.8 Å². The lowest BCUT2D eigenvalue weighted by atomic mass is 9.96. The zero-order valence-corrected chi connectivity index (χ0v) is 25.6. The van der Waals surface area contributed by atoms with Crippen LogP contribution in [-0.4, -0.2) is 32.6 Å². The van der Waals surface area contributed by atoms with Crippen molar-refractivity contribution in [3.05, 3.63) is 100.0 Å². The molecule has 2 heterocycles. The number of alkyl halides is 3. The van der Waals surface area contributed by atoms with Crippen LogP contribution in [0.1, 0.15) is 71.7 Å². The Morgan fingerprint density at radius 2 is 1.68 bits per heavy atom. The van der Waals surface area contributed by atoms with Gasteiger partial charge in [0.05, 0.1) is 30.3 Å². The molecule has 4 rings (SSSR count). The van der Waals surface area contributed by atoms with Crippen molar-refractivity contribution in [3.63, 3.8) is 0 Å². The van der Waals surface area contributed by atoms with Gasteiger partial charge in [0.1, 0.15) is 0 Å². The van der Waals surface area contributed by atoms with Crippen molar-refractivity contribution in [1.29, 1.82) is 0 Å². The minimum Gasteiger partial charge on any atom is -0.490 e. The molecule has 232 valence electrons. The Kier molecular flexibility index (Phi) is 10.2. The maximum atomic E-state index is 13.7. The second kappa shape index (κ2) is 13.9. The van der Waals surface area contributed by atoms with Gasteiger partial charge in [0.15, 0.2) is 5.75 Å². The number of aliphatic carboxylic acids is 1. The number of aromatic nitrogens is 3. The normalized spacial score (nSPS) is 11.6. The number of carboxylic acids is 1. The highest BCUT2D eigenvalue weighted by atomic mass is 19.4. The molecule has 4 aromatic rings. The summed E-state index contributed by atoms with van der Waals surface area (Å²) in [6.45, 7) is 10.5. The number of hydrogen-bond acceptors (Lipinski definition) is 6. The number of rotatable bonds is 12. The second-order valence-electron chi connectivity index (χ2n) is 11.3. The molecule has 0 saturated carbocycles. The van der Waals surface area contributed by atoms with Gasteiger partial charge in [-0.15, -0.1) is 0 Å². The Morgan fingerprint density at radius 1 is 0.955 bits per heavy atom. The van der Waals surface area contributed by atoms with Crippen LogP contribution in [0.5, 0.6) is 5.75 Å². The first-order valence-electron chi connectivity index (χ1n) is 14.5. The largest absolute Gasteiger partial charge is 0.490 e. The SMILES string of the molecule is Cc1cc(CN(Cc2ccc(C)cc2-c2nc(C(C)C)ccc2C)c2ncc(OCCCC(=O)O)cn2)cc(C(F)(F)F)c1. The Bertz CT molecular complexity index is 1600. The van der Waals surface area contributed by atoms with E-state index in [2.05, 4.69) is 35.9 Å². The first kappa shape index (κ1) is 32.4. The van der Waals surface area contributed by atoms with E-state index in [0.717, 1.165) is 45.8 Å². The third-order valence-electron chi connectivity index (χ3n) is 7.13. The average Bonchev–Trinajstić information content (AvgIpc) is 2.95. The van der Waals surface area contributed by atoms with Gasteiger partial charge in [0.2, 0.25) is 5.95 Å². The first-order valence-corrected chi connectivity index (χ1v) is 14.5. The lowest BCUT2D eigenvalue weighted by Gasteiger charge is -2.25. The zero-order chi connectivity index (χ0) is 32.0. The summed E-state index contributed by atoms with van der Waals surface area (Å²) in [5.41, 5.74) is 6.03. The third-order valence-corrected chi connectivity index (χ3v) is 7.13. The summed E-state index contributed by atoms with van der Waals surface area (Å²) < 4.78 is 46.6. The van der Waals surface area contributed by atoms with Crippen LogP contribution in [0.15, 0.2) is 60.9 Å². The summed E-state index contributed by atoms with van der Waals surface area (Å²) in [5.74, 6) is 0.0134. The molecule has 0 amide bonds. The van der Waals surface area contributed by atoms with E-state index in [-0.39, 0.29) is 25.5 Å². The molecule has 0 aliphatic rings.